The van der Waals surface area contributed by atoms with E-state index in [-0.39, 0.29) is 29.9 Å². The Bertz CT molecular complexity index is 1960. The van der Waals surface area contributed by atoms with E-state index >= 15 is 0 Å². The molecular formula is C33H28Cl2N8O3. The van der Waals surface area contributed by atoms with Gasteiger partial charge in [-0.2, -0.15) is 5.26 Å². The third-order valence-corrected chi connectivity index (χ3v) is 9.41. The molecule has 2 saturated carbocycles. The number of carbonyl (C=O) groups is 3. The topological polar surface area (TPSA) is 159 Å². The Kier molecular flexibility index (Phi) is 6.84. The molecule has 0 bridgehead atoms. The molecule has 1 aliphatic heterocycles. The first-order valence-electron chi connectivity index (χ1n) is 14.7. The summed E-state index contributed by atoms with van der Waals surface area (Å²) in [6.07, 6.45) is 3.94. The van der Waals surface area contributed by atoms with Crippen molar-refractivity contribution in [2.75, 3.05) is 10.6 Å². The van der Waals surface area contributed by atoms with Gasteiger partial charge in [-0.25, -0.2) is 14.9 Å². The number of amides is 3. The molecule has 0 saturated heterocycles. The first kappa shape index (κ1) is 29.8. The highest BCUT2D eigenvalue weighted by Gasteiger charge is 2.57. The van der Waals surface area contributed by atoms with Crippen molar-refractivity contribution >= 4 is 58.4 Å². The number of carbonyl (C=O) groups excluding carboxylic acids is 3. The van der Waals surface area contributed by atoms with Crippen LogP contribution in [0, 0.1) is 11.3 Å². The molecule has 232 valence electrons. The Morgan fingerprint density at radius 3 is 2.33 bits per heavy atom. The third kappa shape index (κ3) is 4.94. The molecule has 1 atom stereocenters. The molecule has 0 radical (unpaired) electrons. The fourth-order valence-corrected chi connectivity index (χ4v) is 6.68. The summed E-state index contributed by atoms with van der Waals surface area (Å²) in [7, 11) is 0. The van der Waals surface area contributed by atoms with Gasteiger partial charge >= 0.3 is 0 Å². The van der Waals surface area contributed by atoms with Crippen molar-refractivity contribution in [3.63, 3.8) is 0 Å². The molecule has 2 fully saturated rings. The molecule has 2 aliphatic carbocycles. The first-order chi connectivity index (χ1) is 22.0. The number of nitrogens with two attached hydrogens (primary N) is 1. The molecule has 2 aromatic heterocycles. The molecule has 0 spiro atoms. The van der Waals surface area contributed by atoms with Gasteiger partial charge in [0.05, 0.1) is 34.7 Å². The molecule has 4 N–H and O–H groups in total. The van der Waals surface area contributed by atoms with Crippen LogP contribution in [0.15, 0.2) is 66.9 Å². The highest BCUT2D eigenvalue weighted by molar-refractivity contribution is 6.35. The van der Waals surface area contributed by atoms with Gasteiger partial charge in [0.2, 0.25) is 11.9 Å². The van der Waals surface area contributed by atoms with E-state index in [9.17, 15) is 19.6 Å². The fraction of sp³-hybridized carbons (Fsp3) is 0.273. The lowest BCUT2D eigenvalue weighted by molar-refractivity contribution is -0.125. The number of benzene rings is 2. The second-order valence-corrected chi connectivity index (χ2v) is 13.2. The van der Waals surface area contributed by atoms with Crippen molar-refractivity contribution in [2.45, 2.75) is 55.6 Å². The zero-order valence-corrected chi connectivity index (χ0v) is 26.2. The van der Waals surface area contributed by atoms with Crippen LogP contribution in [0.5, 0.6) is 0 Å². The minimum atomic E-state index is -1.31. The zero-order chi connectivity index (χ0) is 32.4. The first-order valence-corrected chi connectivity index (χ1v) is 15.5. The third-order valence-electron chi connectivity index (χ3n) is 8.97. The molecule has 2 aromatic carbocycles. The number of nitrogens with zero attached hydrogens (tertiary/aromatic N) is 5. The van der Waals surface area contributed by atoms with Crippen molar-refractivity contribution < 1.29 is 14.4 Å². The molecule has 11 nitrogen and oxygen atoms in total. The SMILES string of the molecule is C[C@@]1(Cc2ccc(C#N)cc2)C(=O)N(c2cc(Cl)cc(Cl)c2)c2ncc(C(=O)NC3(C(=O)NC4(c5cccc(N)n5)CC4)CC3)n21. The number of hydrogen-bond donors (Lipinski definition) is 3. The van der Waals surface area contributed by atoms with Crippen molar-refractivity contribution in [2.24, 2.45) is 0 Å². The molecule has 3 aliphatic rings. The zero-order valence-electron chi connectivity index (χ0n) is 24.7. The quantitative estimate of drug-likeness (QED) is 0.247. The second kappa shape index (κ2) is 10.6. The number of nitrogen functional groups attached to an aromatic ring is 1. The van der Waals surface area contributed by atoms with Crippen LogP contribution in [0.3, 0.4) is 0 Å². The van der Waals surface area contributed by atoms with Gasteiger partial charge in [-0.05, 0) is 80.6 Å². The predicted molar refractivity (Wildman–Crippen MR) is 171 cm³/mol. The maximum absolute atomic E-state index is 14.3. The van der Waals surface area contributed by atoms with Crippen LogP contribution in [0.25, 0.3) is 0 Å². The summed E-state index contributed by atoms with van der Waals surface area (Å²) < 4.78 is 1.60. The van der Waals surface area contributed by atoms with E-state index in [4.69, 9.17) is 28.9 Å². The van der Waals surface area contributed by atoms with Crippen LogP contribution in [0.1, 0.15) is 59.9 Å². The van der Waals surface area contributed by atoms with Crippen LogP contribution in [-0.4, -0.2) is 37.8 Å². The minimum Gasteiger partial charge on any atom is -0.384 e. The number of halogens is 2. The van der Waals surface area contributed by atoms with Gasteiger partial charge < -0.3 is 16.4 Å². The average Bonchev–Trinajstić information content (AvgIpc) is 3.92. The molecule has 13 heteroatoms. The van der Waals surface area contributed by atoms with E-state index < -0.39 is 22.5 Å². The van der Waals surface area contributed by atoms with Crippen molar-refractivity contribution in [3.05, 3.63) is 99.4 Å². The number of aromatic nitrogens is 3. The van der Waals surface area contributed by atoms with E-state index in [0.29, 0.717) is 58.5 Å². The standard InChI is InChI=1S/C33H28Cl2N8O3/c1-31(16-19-5-7-20(17-36)8-6-19)29(46)42(23-14-21(34)13-22(35)15-23)30-38-18-24(43(30)31)27(44)40-33(11-12-33)28(45)41-32(9-10-32)25-3-2-4-26(37)39-25/h2-8,13-15,18H,9-12,16H2,1H3,(H2,37,39)(H,40,44)(H,41,45)/t31-/m1/s1. The van der Waals surface area contributed by atoms with Gasteiger partial charge in [0, 0.05) is 16.5 Å². The number of fused-ring (bicyclic) bond motifs is 1. The van der Waals surface area contributed by atoms with Gasteiger partial charge in [-0.15, -0.1) is 0 Å². The Hall–Kier alpha value is -4.92. The summed E-state index contributed by atoms with van der Waals surface area (Å²) in [6, 6.07) is 19.1. The van der Waals surface area contributed by atoms with Crippen LogP contribution in [0.2, 0.25) is 10.0 Å². The number of rotatable bonds is 8. The Labute approximate surface area is 274 Å². The number of imidazole rings is 1. The largest absolute Gasteiger partial charge is 0.384 e. The molecule has 46 heavy (non-hydrogen) atoms. The summed E-state index contributed by atoms with van der Waals surface area (Å²) >= 11 is 12.6. The fourth-order valence-electron chi connectivity index (χ4n) is 6.16. The van der Waals surface area contributed by atoms with E-state index in [1.807, 2.05) is 6.07 Å². The highest BCUT2D eigenvalue weighted by atomic mass is 35.5. The Balaban J connectivity index is 1.21. The Morgan fingerprint density at radius 1 is 1.02 bits per heavy atom. The number of nitrogens with one attached hydrogen (secondary N) is 2. The van der Waals surface area contributed by atoms with Gasteiger partial charge in [-0.3, -0.25) is 19.0 Å². The van der Waals surface area contributed by atoms with E-state index in [0.717, 1.165) is 5.56 Å². The van der Waals surface area contributed by atoms with Gasteiger partial charge in [0.15, 0.2) is 0 Å². The van der Waals surface area contributed by atoms with Crippen LogP contribution < -0.4 is 21.3 Å². The normalized spacial score (nSPS) is 20.0. The number of hydrogen-bond acceptors (Lipinski definition) is 7. The van der Waals surface area contributed by atoms with Gasteiger partial charge in [0.1, 0.15) is 22.6 Å². The van der Waals surface area contributed by atoms with E-state index in [1.54, 1.807) is 66.1 Å². The van der Waals surface area contributed by atoms with Crippen molar-refractivity contribution in [1.29, 1.82) is 5.26 Å². The number of pyridine rings is 1. The summed E-state index contributed by atoms with van der Waals surface area (Å²) in [5.41, 5.74) is 5.32. The van der Waals surface area contributed by atoms with Crippen molar-refractivity contribution in [1.82, 2.24) is 25.2 Å². The highest BCUT2D eigenvalue weighted by Crippen LogP contribution is 2.47. The summed E-state index contributed by atoms with van der Waals surface area (Å²) in [5.74, 6) is -0.603. The van der Waals surface area contributed by atoms with E-state index in [1.165, 1.54) is 11.1 Å². The smallest absolute Gasteiger partial charge is 0.270 e. The molecule has 0 unspecified atom stereocenters. The monoisotopic (exact) mass is 654 g/mol. The lowest BCUT2D eigenvalue weighted by Gasteiger charge is -2.27. The Morgan fingerprint density at radius 2 is 1.72 bits per heavy atom. The number of anilines is 3. The van der Waals surface area contributed by atoms with Gasteiger partial charge in [-0.1, -0.05) is 41.4 Å². The molecular weight excluding hydrogens is 627 g/mol. The minimum absolute atomic E-state index is 0.118. The molecule has 3 heterocycles. The average molecular weight is 656 g/mol. The van der Waals surface area contributed by atoms with Crippen LogP contribution >= 0.6 is 23.2 Å². The predicted octanol–water partition coefficient (Wildman–Crippen LogP) is 4.74. The summed E-state index contributed by atoms with van der Waals surface area (Å²) in [5, 5.41) is 16.0. The van der Waals surface area contributed by atoms with Gasteiger partial charge in [0.25, 0.3) is 11.8 Å². The molecule has 7 rings (SSSR count). The maximum atomic E-state index is 14.3. The van der Waals surface area contributed by atoms with Crippen molar-refractivity contribution in [3.8, 4) is 6.07 Å². The van der Waals surface area contributed by atoms with E-state index in [2.05, 4.69) is 26.7 Å². The van der Waals surface area contributed by atoms with Crippen LogP contribution in [0.4, 0.5) is 17.5 Å². The lowest BCUT2D eigenvalue weighted by atomic mass is 9.91. The van der Waals surface area contributed by atoms with Crippen LogP contribution in [-0.2, 0) is 27.1 Å². The molecule has 4 aromatic rings. The maximum Gasteiger partial charge on any atom is 0.270 e. The second-order valence-electron chi connectivity index (χ2n) is 12.3. The lowest BCUT2D eigenvalue weighted by Crippen LogP contribution is -2.52. The molecule has 3 amide bonds. The number of nitriles is 1. The summed E-state index contributed by atoms with van der Waals surface area (Å²) in [6.45, 7) is 1.73. The summed E-state index contributed by atoms with van der Waals surface area (Å²) in [4.78, 5) is 52.3.